The standard InChI is InChI=1S/C13H19F3N2O2/c1-9-3-2-6-18(9)11(19)10-4-7-17(8-5-10)12(20)13(14,15)16/h9-10H,2-8H2,1H3. The van der Waals surface area contributed by atoms with Crippen molar-refractivity contribution in [2.45, 2.75) is 44.8 Å². The number of piperidine rings is 1. The second kappa shape index (κ2) is 5.61. The fraction of sp³-hybridized carbons (Fsp3) is 0.846. The van der Waals surface area contributed by atoms with E-state index in [9.17, 15) is 22.8 Å². The summed E-state index contributed by atoms with van der Waals surface area (Å²) in [5, 5.41) is 0. The number of hydrogen-bond acceptors (Lipinski definition) is 2. The Morgan fingerprint density at radius 2 is 1.65 bits per heavy atom. The minimum absolute atomic E-state index is 0.0109. The molecule has 2 aliphatic heterocycles. The first kappa shape index (κ1) is 15.1. The third kappa shape index (κ3) is 3.07. The Hall–Kier alpha value is -1.27. The van der Waals surface area contributed by atoms with Crippen molar-refractivity contribution in [3.05, 3.63) is 0 Å². The predicted octanol–water partition coefficient (Wildman–Crippen LogP) is 1.80. The van der Waals surface area contributed by atoms with Crippen LogP contribution < -0.4 is 0 Å². The second-order valence-electron chi connectivity index (χ2n) is 5.59. The highest BCUT2D eigenvalue weighted by Gasteiger charge is 2.44. The molecule has 1 unspecified atom stereocenters. The molecule has 0 spiro atoms. The highest BCUT2D eigenvalue weighted by Crippen LogP contribution is 2.27. The van der Waals surface area contributed by atoms with Crippen LogP contribution in [0.3, 0.4) is 0 Å². The zero-order valence-corrected chi connectivity index (χ0v) is 11.4. The molecule has 114 valence electrons. The van der Waals surface area contributed by atoms with Gasteiger partial charge in [0.1, 0.15) is 0 Å². The van der Waals surface area contributed by atoms with E-state index in [2.05, 4.69) is 0 Å². The first-order valence-corrected chi connectivity index (χ1v) is 6.97. The highest BCUT2D eigenvalue weighted by atomic mass is 19.4. The summed E-state index contributed by atoms with van der Waals surface area (Å²) in [5.41, 5.74) is 0. The number of likely N-dealkylation sites (tertiary alicyclic amines) is 2. The Morgan fingerprint density at radius 1 is 1.05 bits per heavy atom. The number of alkyl halides is 3. The predicted molar refractivity (Wildman–Crippen MR) is 65.8 cm³/mol. The SMILES string of the molecule is CC1CCCN1C(=O)C1CCN(C(=O)C(F)(F)F)CC1. The summed E-state index contributed by atoms with van der Waals surface area (Å²) in [5.74, 6) is -2.00. The summed E-state index contributed by atoms with van der Waals surface area (Å²) >= 11 is 0. The van der Waals surface area contributed by atoms with Crippen LogP contribution in [0.2, 0.25) is 0 Å². The van der Waals surface area contributed by atoms with Crippen molar-refractivity contribution < 1.29 is 22.8 Å². The van der Waals surface area contributed by atoms with Crippen molar-refractivity contribution in [3.63, 3.8) is 0 Å². The first-order valence-electron chi connectivity index (χ1n) is 6.97. The zero-order chi connectivity index (χ0) is 14.9. The van der Waals surface area contributed by atoms with Crippen LogP contribution in [0.1, 0.15) is 32.6 Å². The molecule has 0 saturated carbocycles. The number of halogens is 3. The molecule has 2 fully saturated rings. The van der Waals surface area contributed by atoms with Gasteiger partial charge >= 0.3 is 12.1 Å². The largest absolute Gasteiger partial charge is 0.471 e. The normalized spacial score (nSPS) is 25.1. The molecule has 1 atom stereocenters. The van der Waals surface area contributed by atoms with Gasteiger partial charge in [0, 0.05) is 31.6 Å². The third-order valence-electron chi connectivity index (χ3n) is 4.21. The van der Waals surface area contributed by atoms with Gasteiger partial charge in [-0.3, -0.25) is 9.59 Å². The van der Waals surface area contributed by atoms with Crippen molar-refractivity contribution in [3.8, 4) is 0 Å². The molecule has 0 bridgehead atoms. The first-order chi connectivity index (χ1) is 9.30. The van der Waals surface area contributed by atoms with E-state index in [0.717, 1.165) is 24.3 Å². The minimum atomic E-state index is -4.82. The van der Waals surface area contributed by atoms with Gasteiger partial charge in [0.2, 0.25) is 5.91 Å². The van der Waals surface area contributed by atoms with Crippen molar-refractivity contribution >= 4 is 11.8 Å². The summed E-state index contributed by atoms with van der Waals surface area (Å²) in [6.07, 6.45) is -2.20. The molecule has 2 rings (SSSR count). The van der Waals surface area contributed by atoms with Crippen molar-refractivity contribution in [1.29, 1.82) is 0 Å². The zero-order valence-electron chi connectivity index (χ0n) is 11.4. The minimum Gasteiger partial charge on any atom is -0.340 e. The molecule has 7 heteroatoms. The van der Waals surface area contributed by atoms with E-state index >= 15 is 0 Å². The Kier molecular flexibility index (Phi) is 4.25. The molecule has 2 saturated heterocycles. The molecule has 2 amide bonds. The second-order valence-corrected chi connectivity index (χ2v) is 5.59. The summed E-state index contributed by atoms with van der Waals surface area (Å²) in [7, 11) is 0. The summed E-state index contributed by atoms with van der Waals surface area (Å²) in [4.78, 5) is 26.0. The summed E-state index contributed by atoms with van der Waals surface area (Å²) in [6.45, 7) is 2.75. The van der Waals surface area contributed by atoms with Gasteiger partial charge in [0.05, 0.1) is 0 Å². The van der Waals surface area contributed by atoms with E-state index in [0.29, 0.717) is 12.8 Å². The number of carbonyl (C=O) groups is 2. The summed E-state index contributed by atoms with van der Waals surface area (Å²) in [6, 6.07) is 0.220. The van der Waals surface area contributed by atoms with Gasteiger partial charge in [-0.15, -0.1) is 0 Å². The smallest absolute Gasteiger partial charge is 0.340 e. The van der Waals surface area contributed by atoms with Crippen LogP contribution in [-0.2, 0) is 9.59 Å². The van der Waals surface area contributed by atoms with Crippen LogP contribution >= 0.6 is 0 Å². The number of nitrogens with zero attached hydrogens (tertiary/aromatic N) is 2. The fourth-order valence-corrected chi connectivity index (χ4v) is 3.00. The molecule has 0 aromatic carbocycles. The van der Waals surface area contributed by atoms with Gasteiger partial charge in [0.25, 0.3) is 0 Å². The Morgan fingerprint density at radius 3 is 2.10 bits per heavy atom. The molecule has 2 aliphatic rings. The molecule has 0 aliphatic carbocycles. The number of carbonyl (C=O) groups excluding carboxylic acids is 2. The molecular weight excluding hydrogens is 273 g/mol. The van der Waals surface area contributed by atoms with Crippen molar-refractivity contribution in [1.82, 2.24) is 9.80 Å². The average molecular weight is 292 g/mol. The molecule has 0 aromatic rings. The lowest BCUT2D eigenvalue weighted by Crippen LogP contribution is -2.48. The van der Waals surface area contributed by atoms with Gasteiger partial charge in [-0.1, -0.05) is 0 Å². The number of amides is 2. The van der Waals surface area contributed by atoms with Crippen LogP contribution in [0.15, 0.2) is 0 Å². The maximum atomic E-state index is 12.3. The molecular formula is C13H19F3N2O2. The quantitative estimate of drug-likeness (QED) is 0.739. The third-order valence-corrected chi connectivity index (χ3v) is 4.21. The van der Waals surface area contributed by atoms with E-state index in [-0.39, 0.29) is 31.0 Å². The fourth-order valence-electron chi connectivity index (χ4n) is 3.00. The Bertz CT molecular complexity index is 390. The van der Waals surface area contributed by atoms with E-state index in [4.69, 9.17) is 0 Å². The maximum Gasteiger partial charge on any atom is 0.471 e. The molecule has 0 radical (unpaired) electrons. The van der Waals surface area contributed by atoms with Gasteiger partial charge in [-0.05, 0) is 32.6 Å². The lowest BCUT2D eigenvalue weighted by molar-refractivity contribution is -0.187. The lowest BCUT2D eigenvalue weighted by Gasteiger charge is -2.34. The number of rotatable bonds is 1. The van der Waals surface area contributed by atoms with Gasteiger partial charge in [0.15, 0.2) is 0 Å². The summed E-state index contributed by atoms with van der Waals surface area (Å²) < 4.78 is 37.0. The van der Waals surface area contributed by atoms with Crippen LogP contribution in [0.25, 0.3) is 0 Å². The highest BCUT2D eigenvalue weighted by molar-refractivity contribution is 5.83. The van der Waals surface area contributed by atoms with Gasteiger partial charge < -0.3 is 9.80 Å². The van der Waals surface area contributed by atoms with Crippen molar-refractivity contribution in [2.24, 2.45) is 5.92 Å². The van der Waals surface area contributed by atoms with Crippen LogP contribution in [0, 0.1) is 5.92 Å². The molecule has 20 heavy (non-hydrogen) atoms. The molecule has 0 aromatic heterocycles. The van der Waals surface area contributed by atoms with Gasteiger partial charge in [-0.25, -0.2) is 0 Å². The Labute approximate surface area is 115 Å². The Balaban J connectivity index is 1.88. The van der Waals surface area contributed by atoms with Gasteiger partial charge in [-0.2, -0.15) is 13.2 Å². The van der Waals surface area contributed by atoms with Crippen LogP contribution in [0.5, 0.6) is 0 Å². The van der Waals surface area contributed by atoms with Crippen LogP contribution in [-0.4, -0.2) is 53.5 Å². The lowest BCUT2D eigenvalue weighted by atomic mass is 9.95. The number of hydrogen-bond donors (Lipinski definition) is 0. The topological polar surface area (TPSA) is 40.6 Å². The molecule has 4 nitrogen and oxygen atoms in total. The monoisotopic (exact) mass is 292 g/mol. The molecule has 0 N–H and O–H groups in total. The average Bonchev–Trinajstić information content (AvgIpc) is 2.82. The van der Waals surface area contributed by atoms with E-state index in [1.165, 1.54) is 0 Å². The van der Waals surface area contributed by atoms with E-state index < -0.39 is 12.1 Å². The van der Waals surface area contributed by atoms with E-state index in [1.54, 1.807) is 0 Å². The van der Waals surface area contributed by atoms with E-state index in [1.807, 2.05) is 11.8 Å². The van der Waals surface area contributed by atoms with Crippen molar-refractivity contribution in [2.75, 3.05) is 19.6 Å². The molecule has 2 heterocycles. The maximum absolute atomic E-state index is 12.3. The van der Waals surface area contributed by atoms with Crippen LogP contribution in [0.4, 0.5) is 13.2 Å².